The summed E-state index contributed by atoms with van der Waals surface area (Å²) >= 11 is 0. The molecule has 0 N–H and O–H groups in total. The number of carbonyl (C=O) groups is 2. The van der Waals surface area contributed by atoms with Crippen molar-refractivity contribution in [2.24, 2.45) is 5.41 Å². The molecule has 4 heterocycles. The lowest BCUT2D eigenvalue weighted by Crippen LogP contribution is -2.42. The third-order valence-corrected chi connectivity index (χ3v) is 6.96. The Labute approximate surface area is 175 Å². The number of aryl methyl sites for hydroxylation is 1. The minimum absolute atomic E-state index is 0.0436. The van der Waals surface area contributed by atoms with Crippen LogP contribution >= 0.6 is 0 Å². The molecule has 30 heavy (non-hydrogen) atoms. The summed E-state index contributed by atoms with van der Waals surface area (Å²) in [6, 6.07) is 3.51. The Kier molecular flexibility index (Phi) is 4.52. The van der Waals surface area contributed by atoms with E-state index in [9.17, 15) is 9.59 Å². The van der Waals surface area contributed by atoms with Gasteiger partial charge in [0.15, 0.2) is 0 Å². The zero-order chi connectivity index (χ0) is 20.9. The number of rotatable bonds is 6. The van der Waals surface area contributed by atoms with Crippen LogP contribution in [0.15, 0.2) is 30.7 Å². The van der Waals surface area contributed by atoms with Crippen LogP contribution in [0.5, 0.6) is 5.88 Å². The molecule has 3 aliphatic rings. The summed E-state index contributed by atoms with van der Waals surface area (Å²) in [5.74, 6) is 1.61. The molecule has 1 aliphatic carbocycles. The summed E-state index contributed by atoms with van der Waals surface area (Å²) in [4.78, 5) is 38.3. The van der Waals surface area contributed by atoms with Crippen molar-refractivity contribution in [2.45, 2.75) is 51.2 Å². The maximum atomic E-state index is 13.1. The van der Waals surface area contributed by atoms with Crippen LogP contribution in [0, 0.1) is 12.3 Å². The normalized spacial score (nSPS) is 24.3. The molecule has 0 bridgehead atoms. The highest BCUT2D eigenvalue weighted by Gasteiger charge is 2.53. The van der Waals surface area contributed by atoms with Gasteiger partial charge in [-0.2, -0.15) is 0 Å². The highest BCUT2D eigenvalue weighted by molar-refractivity contribution is 5.95. The summed E-state index contributed by atoms with van der Waals surface area (Å²) in [6.07, 6.45) is 8.92. The number of likely N-dealkylation sites (tertiary alicyclic amines) is 2. The Morgan fingerprint density at radius 1 is 1.23 bits per heavy atom. The molecule has 158 valence electrons. The summed E-state index contributed by atoms with van der Waals surface area (Å²) in [5, 5.41) is 0. The highest BCUT2D eigenvalue weighted by atomic mass is 16.5. The van der Waals surface area contributed by atoms with E-state index < -0.39 is 0 Å². The number of amides is 2. The van der Waals surface area contributed by atoms with Gasteiger partial charge < -0.3 is 19.1 Å². The number of ether oxygens (including phenoxy) is 1. The van der Waals surface area contributed by atoms with E-state index in [0.717, 1.165) is 38.2 Å². The van der Waals surface area contributed by atoms with Crippen LogP contribution in [0.4, 0.5) is 0 Å². The van der Waals surface area contributed by atoms with E-state index in [-0.39, 0.29) is 29.3 Å². The molecule has 2 aromatic heterocycles. The van der Waals surface area contributed by atoms with E-state index in [0.29, 0.717) is 24.4 Å². The molecular formula is C22H27N5O3. The van der Waals surface area contributed by atoms with Gasteiger partial charge in [0.25, 0.3) is 5.91 Å². The van der Waals surface area contributed by atoms with E-state index in [1.54, 1.807) is 25.4 Å². The average Bonchev–Trinajstić information content (AvgIpc) is 3.02. The van der Waals surface area contributed by atoms with Crippen molar-refractivity contribution < 1.29 is 14.3 Å². The standard InChI is InChI=1S/C22H27N5O3/c1-15-23-8-10-25(15)13-22(6-7-22)14-27-17-5-9-26(18(17)11-20(27)28)21(29)16-3-4-19(30-2)24-12-16/h3-4,8,10,12,17-18H,5-7,9,11,13-14H2,1-2H3/t17-,18-/m0/s1. The van der Waals surface area contributed by atoms with Crippen molar-refractivity contribution in [1.29, 1.82) is 0 Å². The number of hydrogen-bond acceptors (Lipinski definition) is 5. The smallest absolute Gasteiger partial charge is 0.255 e. The maximum absolute atomic E-state index is 13.1. The van der Waals surface area contributed by atoms with Gasteiger partial charge in [-0.3, -0.25) is 9.59 Å². The second-order valence-electron chi connectivity index (χ2n) is 8.84. The van der Waals surface area contributed by atoms with Crippen molar-refractivity contribution >= 4 is 11.8 Å². The summed E-state index contributed by atoms with van der Waals surface area (Å²) in [5.41, 5.74) is 0.685. The predicted molar refractivity (Wildman–Crippen MR) is 109 cm³/mol. The van der Waals surface area contributed by atoms with Gasteiger partial charge in [-0.1, -0.05) is 0 Å². The maximum Gasteiger partial charge on any atom is 0.255 e. The third-order valence-electron chi connectivity index (χ3n) is 6.96. The number of pyridine rings is 1. The Bertz CT molecular complexity index is 965. The first-order valence-corrected chi connectivity index (χ1v) is 10.6. The minimum atomic E-state index is -0.0533. The summed E-state index contributed by atoms with van der Waals surface area (Å²) in [7, 11) is 1.55. The molecule has 8 heteroatoms. The van der Waals surface area contributed by atoms with Crippen LogP contribution in [-0.2, 0) is 11.3 Å². The summed E-state index contributed by atoms with van der Waals surface area (Å²) < 4.78 is 7.26. The second kappa shape index (κ2) is 7.11. The monoisotopic (exact) mass is 409 g/mol. The molecule has 0 unspecified atom stereocenters. The fourth-order valence-corrected chi connectivity index (χ4v) is 5.02. The van der Waals surface area contributed by atoms with E-state index in [1.807, 2.05) is 24.2 Å². The largest absolute Gasteiger partial charge is 0.481 e. The van der Waals surface area contributed by atoms with Crippen molar-refractivity contribution in [3.8, 4) is 5.88 Å². The first kappa shape index (κ1) is 19.1. The van der Waals surface area contributed by atoms with E-state index >= 15 is 0 Å². The SMILES string of the molecule is COc1ccc(C(=O)N2CC[C@H]3[C@@H]2CC(=O)N3CC2(Cn3ccnc3C)CC2)cn1. The van der Waals surface area contributed by atoms with Crippen LogP contribution in [0.25, 0.3) is 0 Å². The van der Waals surface area contributed by atoms with E-state index in [1.165, 1.54) is 0 Å². The molecule has 3 fully saturated rings. The Morgan fingerprint density at radius 3 is 2.70 bits per heavy atom. The van der Waals surface area contributed by atoms with Crippen LogP contribution < -0.4 is 4.74 Å². The molecule has 5 rings (SSSR count). The van der Waals surface area contributed by atoms with Gasteiger partial charge in [-0.25, -0.2) is 9.97 Å². The second-order valence-corrected chi connectivity index (χ2v) is 8.84. The van der Waals surface area contributed by atoms with Crippen LogP contribution in [0.2, 0.25) is 0 Å². The summed E-state index contributed by atoms with van der Waals surface area (Å²) in [6.45, 7) is 4.37. The van der Waals surface area contributed by atoms with Gasteiger partial charge in [0.2, 0.25) is 11.8 Å². The fraction of sp³-hybridized carbons (Fsp3) is 0.545. The fourth-order valence-electron chi connectivity index (χ4n) is 5.02. The molecule has 0 radical (unpaired) electrons. The third kappa shape index (κ3) is 3.24. The average molecular weight is 409 g/mol. The number of nitrogens with zero attached hydrogens (tertiary/aromatic N) is 5. The Hall–Kier alpha value is -2.90. The molecular weight excluding hydrogens is 382 g/mol. The molecule has 2 amide bonds. The molecule has 2 aromatic rings. The van der Waals surface area contributed by atoms with Crippen LogP contribution in [-0.4, -0.2) is 68.4 Å². The zero-order valence-corrected chi connectivity index (χ0v) is 17.5. The lowest BCUT2D eigenvalue weighted by Gasteiger charge is -2.29. The predicted octanol–water partition coefficient (Wildman–Crippen LogP) is 1.89. The molecule has 8 nitrogen and oxygen atoms in total. The lowest BCUT2D eigenvalue weighted by atomic mass is 10.0. The first-order chi connectivity index (χ1) is 14.5. The lowest BCUT2D eigenvalue weighted by molar-refractivity contribution is -0.130. The van der Waals surface area contributed by atoms with Crippen molar-refractivity contribution in [2.75, 3.05) is 20.2 Å². The minimum Gasteiger partial charge on any atom is -0.481 e. The van der Waals surface area contributed by atoms with Crippen LogP contribution in [0.3, 0.4) is 0 Å². The van der Waals surface area contributed by atoms with Gasteiger partial charge in [0.1, 0.15) is 5.82 Å². The molecule has 2 saturated heterocycles. The zero-order valence-electron chi connectivity index (χ0n) is 17.5. The number of hydrogen-bond donors (Lipinski definition) is 0. The Morgan fingerprint density at radius 2 is 2.07 bits per heavy atom. The number of carbonyl (C=O) groups excluding carboxylic acids is 2. The van der Waals surface area contributed by atoms with Crippen molar-refractivity contribution in [1.82, 2.24) is 24.3 Å². The van der Waals surface area contributed by atoms with E-state index in [4.69, 9.17) is 4.74 Å². The molecule has 1 saturated carbocycles. The van der Waals surface area contributed by atoms with Crippen molar-refractivity contribution in [3.63, 3.8) is 0 Å². The first-order valence-electron chi connectivity index (χ1n) is 10.6. The number of methoxy groups -OCH3 is 1. The van der Waals surface area contributed by atoms with Crippen LogP contribution in [0.1, 0.15) is 41.9 Å². The molecule has 0 spiro atoms. The van der Waals surface area contributed by atoms with Gasteiger partial charge in [0, 0.05) is 56.1 Å². The number of aromatic nitrogens is 3. The quantitative estimate of drug-likeness (QED) is 0.728. The number of fused-ring (bicyclic) bond motifs is 1. The van der Waals surface area contributed by atoms with Gasteiger partial charge in [0.05, 0.1) is 24.8 Å². The van der Waals surface area contributed by atoms with Gasteiger partial charge >= 0.3 is 0 Å². The van der Waals surface area contributed by atoms with Gasteiger partial charge in [-0.05, 0) is 32.3 Å². The highest BCUT2D eigenvalue weighted by Crippen LogP contribution is 2.49. The molecule has 2 atom stereocenters. The number of imidazole rings is 1. The topological polar surface area (TPSA) is 80.6 Å². The van der Waals surface area contributed by atoms with Gasteiger partial charge in [-0.15, -0.1) is 0 Å². The Balaban J connectivity index is 1.28. The van der Waals surface area contributed by atoms with E-state index in [2.05, 4.69) is 19.4 Å². The molecule has 2 aliphatic heterocycles. The molecule has 0 aromatic carbocycles. The van der Waals surface area contributed by atoms with Crippen molar-refractivity contribution in [3.05, 3.63) is 42.1 Å².